The molecule has 1 unspecified atom stereocenters. The van der Waals surface area contributed by atoms with Crippen molar-refractivity contribution in [2.75, 3.05) is 6.54 Å². The molecule has 0 spiro atoms. The molecule has 0 aromatic heterocycles. The number of halogens is 3. The molecule has 1 rings (SSSR count). The van der Waals surface area contributed by atoms with E-state index >= 15 is 0 Å². The molecular weight excluding hydrogens is 268 g/mol. The minimum Gasteiger partial charge on any atom is -0.481 e. The maximum Gasteiger partial charge on any atom is 0.304 e. The number of benzene rings is 1. The summed E-state index contributed by atoms with van der Waals surface area (Å²) in [7, 11) is 0. The highest BCUT2D eigenvalue weighted by Gasteiger charge is 2.16. The van der Waals surface area contributed by atoms with Gasteiger partial charge < -0.3 is 10.4 Å². The maximum absolute atomic E-state index is 13.3. The Morgan fingerprint density at radius 2 is 2.18 bits per heavy atom. The molecule has 17 heavy (non-hydrogen) atoms. The van der Waals surface area contributed by atoms with E-state index in [0.717, 1.165) is 0 Å². The summed E-state index contributed by atoms with van der Waals surface area (Å²) in [5.41, 5.74) is 0.443. The van der Waals surface area contributed by atoms with Crippen LogP contribution in [0, 0.1) is 5.82 Å². The van der Waals surface area contributed by atoms with Crippen molar-refractivity contribution < 1.29 is 14.3 Å². The molecule has 3 nitrogen and oxygen atoms in total. The Morgan fingerprint density at radius 1 is 1.53 bits per heavy atom. The summed E-state index contributed by atoms with van der Waals surface area (Å²) in [5.74, 6) is -1.45. The van der Waals surface area contributed by atoms with E-state index < -0.39 is 11.8 Å². The minimum atomic E-state index is -0.902. The van der Waals surface area contributed by atoms with Crippen LogP contribution in [0.15, 0.2) is 12.1 Å². The van der Waals surface area contributed by atoms with E-state index in [1.807, 2.05) is 0 Å². The van der Waals surface area contributed by atoms with Crippen molar-refractivity contribution in [3.8, 4) is 0 Å². The molecule has 0 aliphatic carbocycles. The third-order valence-electron chi connectivity index (χ3n) is 2.30. The van der Waals surface area contributed by atoms with Crippen LogP contribution < -0.4 is 5.32 Å². The van der Waals surface area contributed by atoms with Gasteiger partial charge in [0.25, 0.3) is 0 Å². The lowest BCUT2D eigenvalue weighted by Crippen LogP contribution is -2.22. The Morgan fingerprint density at radius 3 is 2.76 bits per heavy atom. The zero-order valence-electron chi connectivity index (χ0n) is 9.14. The normalized spacial score (nSPS) is 12.5. The first-order chi connectivity index (χ1) is 7.93. The van der Waals surface area contributed by atoms with Gasteiger partial charge in [0.15, 0.2) is 0 Å². The second kappa shape index (κ2) is 6.19. The predicted molar refractivity (Wildman–Crippen MR) is 65.1 cm³/mol. The molecule has 2 N–H and O–H groups in total. The van der Waals surface area contributed by atoms with Crippen LogP contribution in [0.25, 0.3) is 0 Å². The molecule has 0 fully saturated rings. The number of carbonyl (C=O) groups is 1. The lowest BCUT2D eigenvalue weighted by atomic mass is 10.1. The van der Waals surface area contributed by atoms with Gasteiger partial charge in [-0.2, -0.15) is 0 Å². The molecule has 0 aliphatic rings. The third kappa shape index (κ3) is 3.84. The SMILES string of the molecule is CC(NCCC(=O)O)c1c(Cl)ccc(F)c1Cl. The number of aliphatic carboxylic acids is 1. The Labute approximate surface area is 109 Å². The highest BCUT2D eigenvalue weighted by atomic mass is 35.5. The lowest BCUT2D eigenvalue weighted by molar-refractivity contribution is -0.136. The summed E-state index contributed by atoms with van der Waals surface area (Å²) in [6, 6.07) is 2.30. The largest absolute Gasteiger partial charge is 0.481 e. The van der Waals surface area contributed by atoms with E-state index in [4.69, 9.17) is 28.3 Å². The first kappa shape index (κ1) is 14.2. The van der Waals surface area contributed by atoms with E-state index in [1.165, 1.54) is 12.1 Å². The van der Waals surface area contributed by atoms with Crippen molar-refractivity contribution in [2.45, 2.75) is 19.4 Å². The second-order valence-electron chi connectivity index (χ2n) is 3.58. The molecular formula is C11H12Cl2FNO2. The van der Waals surface area contributed by atoms with Crippen molar-refractivity contribution in [3.63, 3.8) is 0 Å². The van der Waals surface area contributed by atoms with Gasteiger partial charge in [0.1, 0.15) is 5.82 Å². The Bertz CT molecular complexity index is 426. The Hall–Kier alpha value is -0.840. The molecule has 1 aromatic carbocycles. The summed E-state index contributed by atoms with van der Waals surface area (Å²) >= 11 is 11.7. The monoisotopic (exact) mass is 279 g/mol. The number of carboxylic acids is 1. The van der Waals surface area contributed by atoms with Crippen LogP contribution in [-0.2, 0) is 4.79 Å². The molecule has 0 amide bonds. The zero-order valence-corrected chi connectivity index (χ0v) is 10.6. The smallest absolute Gasteiger partial charge is 0.304 e. The fraction of sp³-hybridized carbons (Fsp3) is 0.364. The predicted octanol–water partition coefficient (Wildman–Crippen LogP) is 3.26. The fourth-order valence-corrected chi connectivity index (χ4v) is 2.14. The van der Waals surface area contributed by atoms with Gasteiger partial charge in [0, 0.05) is 23.2 Å². The molecule has 1 atom stereocenters. The summed E-state index contributed by atoms with van der Waals surface area (Å²) in [6.07, 6.45) is -0.0190. The fourth-order valence-electron chi connectivity index (χ4n) is 1.44. The average Bonchev–Trinajstić information content (AvgIpc) is 2.23. The van der Waals surface area contributed by atoms with E-state index in [0.29, 0.717) is 10.6 Å². The molecule has 0 saturated carbocycles. The van der Waals surface area contributed by atoms with Crippen molar-refractivity contribution in [1.82, 2.24) is 5.32 Å². The molecule has 0 aliphatic heterocycles. The average molecular weight is 280 g/mol. The van der Waals surface area contributed by atoms with Crippen LogP contribution in [0.5, 0.6) is 0 Å². The Balaban J connectivity index is 2.78. The number of hydrogen-bond donors (Lipinski definition) is 2. The third-order valence-corrected chi connectivity index (χ3v) is 3.02. The van der Waals surface area contributed by atoms with Gasteiger partial charge in [0.05, 0.1) is 11.4 Å². The van der Waals surface area contributed by atoms with Crippen LogP contribution in [0.1, 0.15) is 24.9 Å². The van der Waals surface area contributed by atoms with Gasteiger partial charge in [-0.25, -0.2) is 4.39 Å². The number of rotatable bonds is 5. The first-order valence-electron chi connectivity index (χ1n) is 5.02. The number of hydrogen-bond acceptors (Lipinski definition) is 2. The van der Waals surface area contributed by atoms with Gasteiger partial charge in [-0.1, -0.05) is 23.2 Å². The first-order valence-corrected chi connectivity index (χ1v) is 5.77. The minimum absolute atomic E-state index is 0.0190. The van der Waals surface area contributed by atoms with Gasteiger partial charge in [-0.05, 0) is 19.1 Å². The van der Waals surface area contributed by atoms with E-state index in [2.05, 4.69) is 5.32 Å². The van der Waals surface area contributed by atoms with Crippen molar-refractivity contribution in [2.24, 2.45) is 0 Å². The molecule has 94 valence electrons. The standard InChI is InChI=1S/C11H12Cl2FNO2/c1-6(15-5-4-9(16)17)10-7(12)2-3-8(14)11(10)13/h2-3,6,15H,4-5H2,1H3,(H,16,17). The summed E-state index contributed by atoms with van der Waals surface area (Å²) in [6.45, 7) is 2.01. The van der Waals surface area contributed by atoms with Crippen molar-refractivity contribution in [1.29, 1.82) is 0 Å². The quantitative estimate of drug-likeness (QED) is 0.814. The molecule has 0 bridgehead atoms. The van der Waals surface area contributed by atoms with E-state index in [-0.39, 0.29) is 24.0 Å². The van der Waals surface area contributed by atoms with Crippen LogP contribution in [0.2, 0.25) is 10.0 Å². The van der Waals surface area contributed by atoms with Gasteiger partial charge >= 0.3 is 5.97 Å². The van der Waals surface area contributed by atoms with Gasteiger partial charge in [0.2, 0.25) is 0 Å². The summed E-state index contributed by atoms with van der Waals surface area (Å²) in [4.78, 5) is 10.4. The summed E-state index contributed by atoms with van der Waals surface area (Å²) < 4.78 is 13.3. The molecule has 0 radical (unpaired) electrons. The van der Waals surface area contributed by atoms with Crippen LogP contribution in [-0.4, -0.2) is 17.6 Å². The van der Waals surface area contributed by atoms with Gasteiger partial charge in [-0.3, -0.25) is 4.79 Å². The van der Waals surface area contributed by atoms with Crippen molar-refractivity contribution >= 4 is 29.2 Å². The van der Waals surface area contributed by atoms with Crippen LogP contribution in [0.4, 0.5) is 4.39 Å². The lowest BCUT2D eigenvalue weighted by Gasteiger charge is -2.17. The highest BCUT2D eigenvalue weighted by Crippen LogP contribution is 2.32. The van der Waals surface area contributed by atoms with Gasteiger partial charge in [-0.15, -0.1) is 0 Å². The van der Waals surface area contributed by atoms with Crippen LogP contribution >= 0.6 is 23.2 Å². The molecule has 0 saturated heterocycles. The summed E-state index contributed by atoms with van der Waals surface area (Å²) in [5, 5.41) is 11.7. The van der Waals surface area contributed by atoms with Crippen molar-refractivity contribution in [3.05, 3.63) is 33.6 Å². The number of nitrogens with one attached hydrogen (secondary N) is 1. The second-order valence-corrected chi connectivity index (χ2v) is 4.36. The molecule has 1 aromatic rings. The maximum atomic E-state index is 13.3. The topological polar surface area (TPSA) is 49.3 Å². The molecule has 6 heteroatoms. The zero-order chi connectivity index (χ0) is 13.0. The number of carboxylic acid groups (broad SMARTS) is 1. The highest BCUT2D eigenvalue weighted by molar-refractivity contribution is 6.36. The van der Waals surface area contributed by atoms with E-state index in [1.54, 1.807) is 6.92 Å². The Kier molecular flexibility index (Phi) is 5.18. The van der Waals surface area contributed by atoms with Crippen LogP contribution in [0.3, 0.4) is 0 Å². The molecule has 0 heterocycles. The van der Waals surface area contributed by atoms with E-state index in [9.17, 15) is 9.18 Å².